The molecule has 2 heterocycles. The molecule has 2 rings (SSSR count). The molecular weight excluding hydrogens is 192 g/mol. The van der Waals surface area contributed by atoms with Crippen LogP contribution in [0, 0.1) is 0 Å². The molecule has 0 radical (unpaired) electrons. The van der Waals surface area contributed by atoms with Crippen molar-refractivity contribution < 1.29 is 9.90 Å². The van der Waals surface area contributed by atoms with Crippen LogP contribution in [0.4, 0.5) is 4.79 Å². The summed E-state index contributed by atoms with van der Waals surface area (Å²) in [5, 5.41) is 8.86. The zero-order chi connectivity index (χ0) is 10.7. The summed E-state index contributed by atoms with van der Waals surface area (Å²) < 4.78 is 0. The summed E-state index contributed by atoms with van der Waals surface area (Å²) in [7, 11) is 0. The molecule has 0 atom stereocenters. The number of aromatic nitrogens is 1. The third-order valence-electron chi connectivity index (χ3n) is 2.40. The number of carboxylic acid groups (broad SMARTS) is 1. The van der Waals surface area contributed by atoms with E-state index in [1.54, 1.807) is 12.4 Å². The lowest BCUT2D eigenvalue weighted by molar-refractivity contribution is 0.161. The van der Waals surface area contributed by atoms with Crippen LogP contribution in [0.5, 0.6) is 0 Å². The van der Waals surface area contributed by atoms with Gasteiger partial charge in [0, 0.05) is 18.9 Å². The van der Waals surface area contributed by atoms with Crippen LogP contribution in [0.1, 0.15) is 18.5 Å². The Balaban J connectivity index is 2.26. The highest BCUT2D eigenvalue weighted by atomic mass is 16.4. The number of amides is 1. The Bertz CT molecular complexity index is 387. The number of hydrogen-bond donors (Lipinski definition) is 1. The normalized spacial score (nSPS) is 16.0. The molecule has 4 nitrogen and oxygen atoms in total. The van der Waals surface area contributed by atoms with Gasteiger partial charge in [-0.05, 0) is 30.5 Å². The largest absolute Gasteiger partial charge is 0.465 e. The van der Waals surface area contributed by atoms with E-state index in [4.69, 9.17) is 5.11 Å². The molecule has 1 amide bonds. The molecule has 1 aromatic heterocycles. The van der Waals surface area contributed by atoms with Crippen molar-refractivity contribution in [2.45, 2.75) is 12.8 Å². The Kier molecular flexibility index (Phi) is 2.67. The molecule has 0 saturated carbocycles. The fourth-order valence-electron chi connectivity index (χ4n) is 1.65. The summed E-state index contributed by atoms with van der Waals surface area (Å²) in [6.07, 6.45) is 4.24. The number of rotatable bonds is 1. The molecule has 1 N–H and O–H groups in total. The molecular formula is C11H12N2O2. The first-order valence-electron chi connectivity index (χ1n) is 4.89. The Morgan fingerprint density at radius 2 is 2.33 bits per heavy atom. The van der Waals surface area contributed by atoms with E-state index in [-0.39, 0.29) is 0 Å². The second-order valence-electron chi connectivity index (χ2n) is 3.45. The van der Waals surface area contributed by atoms with E-state index in [0.29, 0.717) is 6.54 Å². The molecule has 1 aliphatic rings. The number of hydrogen-bond acceptors (Lipinski definition) is 2. The zero-order valence-electron chi connectivity index (χ0n) is 8.26. The van der Waals surface area contributed by atoms with Crippen molar-refractivity contribution in [3.63, 3.8) is 0 Å². The molecule has 1 aliphatic heterocycles. The first-order chi connectivity index (χ1) is 7.27. The van der Waals surface area contributed by atoms with E-state index >= 15 is 0 Å². The molecule has 0 aromatic carbocycles. The van der Waals surface area contributed by atoms with Crippen molar-refractivity contribution in [3.8, 4) is 0 Å². The van der Waals surface area contributed by atoms with Crippen molar-refractivity contribution in [3.05, 3.63) is 36.3 Å². The maximum Gasteiger partial charge on any atom is 0.411 e. The highest BCUT2D eigenvalue weighted by Crippen LogP contribution is 2.22. The minimum atomic E-state index is -0.900. The topological polar surface area (TPSA) is 53.4 Å². The number of carbonyl (C=O) groups is 1. The van der Waals surface area contributed by atoms with Gasteiger partial charge < -0.3 is 5.11 Å². The molecule has 0 aliphatic carbocycles. The van der Waals surface area contributed by atoms with E-state index in [9.17, 15) is 4.79 Å². The predicted molar refractivity (Wildman–Crippen MR) is 56.2 cm³/mol. The predicted octanol–water partition coefficient (Wildman–Crippen LogP) is 2.20. The molecule has 0 saturated heterocycles. The lowest BCUT2D eigenvalue weighted by atomic mass is 10.0. The molecule has 0 spiro atoms. The van der Waals surface area contributed by atoms with Crippen molar-refractivity contribution in [2.75, 3.05) is 6.54 Å². The highest BCUT2D eigenvalue weighted by Gasteiger charge is 2.16. The molecule has 0 fully saturated rings. The minimum absolute atomic E-state index is 0.575. The van der Waals surface area contributed by atoms with E-state index in [2.05, 4.69) is 4.98 Å². The smallest absolute Gasteiger partial charge is 0.411 e. The first kappa shape index (κ1) is 9.71. The SMILES string of the molecule is O=C(O)N1C=C(c2ccccn2)CCC1. The van der Waals surface area contributed by atoms with Crippen molar-refractivity contribution in [1.29, 1.82) is 0 Å². The van der Waals surface area contributed by atoms with E-state index < -0.39 is 6.09 Å². The maximum atomic E-state index is 10.8. The van der Waals surface area contributed by atoms with Crippen LogP contribution in [-0.2, 0) is 0 Å². The van der Waals surface area contributed by atoms with Gasteiger partial charge in [-0.1, -0.05) is 6.07 Å². The van der Waals surface area contributed by atoms with E-state index in [1.165, 1.54) is 4.90 Å². The fraction of sp³-hybridized carbons (Fsp3) is 0.273. The minimum Gasteiger partial charge on any atom is -0.465 e. The Labute approximate surface area is 87.9 Å². The molecule has 4 heteroatoms. The van der Waals surface area contributed by atoms with Crippen LogP contribution < -0.4 is 0 Å². The molecule has 0 bridgehead atoms. The van der Waals surface area contributed by atoms with Gasteiger partial charge in [-0.2, -0.15) is 0 Å². The zero-order valence-corrected chi connectivity index (χ0v) is 8.26. The van der Waals surface area contributed by atoms with Gasteiger partial charge in [-0.25, -0.2) is 4.79 Å². The first-order valence-corrected chi connectivity index (χ1v) is 4.89. The Morgan fingerprint density at radius 3 is 3.00 bits per heavy atom. The van der Waals surface area contributed by atoms with Gasteiger partial charge in [0.05, 0.1) is 5.69 Å². The van der Waals surface area contributed by atoms with E-state index in [1.807, 2.05) is 18.2 Å². The molecule has 78 valence electrons. The summed E-state index contributed by atoms with van der Waals surface area (Å²) in [6.45, 7) is 0.575. The maximum absolute atomic E-state index is 10.8. The highest BCUT2D eigenvalue weighted by molar-refractivity contribution is 5.72. The summed E-state index contributed by atoms with van der Waals surface area (Å²) in [5.41, 5.74) is 1.85. The van der Waals surface area contributed by atoms with Gasteiger partial charge in [0.2, 0.25) is 0 Å². The Morgan fingerprint density at radius 1 is 1.47 bits per heavy atom. The fourth-order valence-corrected chi connectivity index (χ4v) is 1.65. The van der Waals surface area contributed by atoms with Gasteiger partial charge in [-0.15, -0.1) is 0 Å². The number of pyridine rings is 1. The molecule has 15 heavy (non-hydrogen) atoms. The van der Waals surface area contributed by atoms with E-state index in [0.717, 1.165) is 24.1 Å². The van der Waals surface area contributed by atoms with Gasteiger partial charge in [0.15, 0.2) is 0 Å². The van der Waals surface area contributed by atoms with Crippen LogP contribution in [-0.4, -0.2) is 27.6 Å². The van der Waals surface area contributed by atoms with Gasteiger partial charge in [0.1, 0.15) is 0 Å². The summed E-state index contributed by atoms with van der Waals surface area (Å²) in [6, 6.07) is 5.65. The second kappa shape index (κ2) is 4.13. The van der Waals surface area contributed by atoms with Gasteiger partial charge in [-0.3, -0.25) is 9.88 Å². The van der Waals surface area contributed by atoms with Crippen LogP contribution >= 0.6 is 0 Å². The van der Waals surface area contributed by atoms with Crippen molar-refractivity contribution in [2.24, 2.45) is 0 Å². The van der Waals surface area contributed by atoms with Crippen molar-refractivity contribution >= 4 is 11.7 Å². The van der Waals surface area contributed by atoms with Crippen LogP contribution in [0.15, 0.2) is 30.6 Å². The van der Waals surface area contributed by atoms with Crippen LogP contribution in [0.25, 0.3) is 5.57 Å². The summed E-state index contributed by atoms with van der Waals surface area (Å²) in [5.74, 6) is 0. The molecule has 0 unspecified atom stereocenters. The lowest BCUT2D eigenvalue weighted by Gasteiger charge is -2.21. The van der Waals surface area contributed by atoms with Crippen LogP contribution in [0.3, 0.4) is 0 Å². The average molecular weight is 204 g/mol. The summed E-state index contributed by atoms with van der Waals surface area (Å²) >= 11 is 0. The average Bonchev–Trinajstić information content (AvgIpc) is 2.30. The Hall–Kier alpha value is -1.84. The van der Waals surface area contributed by atoms with Crippen LogP contribution in [0.2, 0.25) is 0 Å². The van der Waals surface area contributed by atoms with Gasteiger partial charge in [0.25, 0.3) is 0 Å². The number of nitrogens with zero attached hydrogens (tertiary/aromatic N) is 2. The standard InChI is InChI=1S/C11H12N2O2/c14-11(15)13-7-3-4-9(8-13)10-5-1-2-6-12-10/h1-2,5-6,8H,3-4,7H2,(H,14,15). The second-order valence-corrected chi connectivity index (χ2v) is 3.45. The molecule has 1 aromatic rings. The lowest BCUT2D eigenvalue weighted by Crippen LogP contribution is -2.27. The summed E-state index contributed by atoms with van der Waals surface area (Å²) in [4.78, 5) is 16.3. The quantitative estimate of drug-likeness (QED) is 0.762. The monoisotopic (exact) mass is 204 g/mol. The van der Waals surface area contributed by atoms with Crippen molar-refractivity contribution in [1.82, 2.24) is 9.88 Å². The third-order valence-corrected chi connectivity index (χ3v) is 2.40. The third kappa shape index (κ3) is 2.15. The van der Waals surface area contributed by atoms with Gasteiger partial charge >= 0.3 is 6.09 Å². The number of allylic oxidation sites excluding steroid dienone is 1.